The van der Waals surface area contributed by atoms with Crippen LogP contribution in [0.4, 0.5) is 5.69 Å². The molecule has 0 bridgehead atoms. The minimum atomic E-state index is -0.758. The lowest BCUT2D eigenvalue weighted by molar-refractivity contribution is -0.398. The van der Waals surface area contributed by atoms with Gasteiger partial charge in [-0.3, -0.25) is 14.9 Å². The Hall–Kier alpha value is -2.93. The number of halogens is 1. The van der Waals surface area contributed by atoms with Gasteiger partial charge in [0.15, 0.2) is 0 Å². The number of nitro benzene ring substituents is 1. The molecule has 0 atom stereocenters. The monoisotopic (exact) mass is 318 g/mol. The van der Waals surface area contributed by atoms with Crippen molar-refractivity contribution in [2.75, 3.05) is 0 Å². The highest BCUT2D eigenvalue weighted by Crippen LogP contribution is 2.22. The SMILES string of the molecule is O=C(NN=Cc1ccc([N+](=O)[O-])c([O-])c1)c1ccc(Cl)cc1. The summed E-state index contributed by atoms with van der Waals surface area (Å²) >= 11 is 5.71. The van der Waals surface area contributed by atoms with E-state index in [1.807, 2.05) is 0 Å². The van der Waals surface area contributed by atoms with Crippen LogP contribution >= 0.6 is 11.6 Å². The van der Waals surface area contributed by atoms with Crippen molar-refractivity contribution in [3.63, 3.8) is 0 Å². The van der Waals surface area contributed by atoms with Gasteiger partial charge in [0, 0.05) is 16.7 Å². The number of rotatable bonds is 4. The van der Waals surface area contributed by atoms with Crippen molar-refractivity contribution in [2.45, 2.75) is 0 Å². The predicted octanol–water partition coefficient (Wildman–Crippen LogP) is 2.09. The Morgan fingerprint density at radius 2 is 1.91 bits per heavy atom. The van der Waals surface area contributed by atoms with Crippen molar-refractivity contribution in [1.82, 2.24) is 5.43 Å². The molecule has 1 amide bonds. The number of hydrazone groups is 1. The van der Waals surface area contributed by atoms with Crippen molar-refractivity contribution >= 4 is 29.4 Å². The zero-order chi connectivity index (χ0) is 16.1. The van der Waals surface area contributed by atoms with Crippen LogP contribution in [0.25, 0.3) is 0 Å². The fraction of sp³-hybridized carbons (Fsp3) is 0. The maximum Gasteiger partial charge on any atom is 0.271 e. The average molecular weight is 319 g/mol. The number of hydrogen-bond acceptors (Lipinski definition) is 5. The van der Waals surface area contributed by atoms with E-state index in [1.54, 1.807) is 12.1 Å². The summed E-state index contributed by atoms with van der Waals surface area (Å²) in [7, 11) is 0. The highest BCUT2D eigenvalue weighted by Gasteiger charge is 2.06. The summed E-state index contributed by atoms with van der Waals surface area (Å²) in [6, 6.07) is 9.72. The molecule has 0 unspecified atom stereocenters. The van der Waals surface area contributed by atoms with Crippen molar-refractivity contribution in [2.24, 2.45) is 5.10 Å². The zero-order valence-corrected chi connectivity index (χ0v) is 11.8. The summed E-state index contributed by atoms with van der Waals surface area (Å²) in [5.41, 5.74) is 2.47. The van der Waals surface area contributed by atoms with Crippen LogP contribution < -0.4 is 10.5 Å². The van der Waals surface area contributed by atoms with Crippen LogP contribution in [0.1, 0.15) is 15.9 Å². The molecule has 0 aliphatic carbocycles. The molecule has 0 radical (unpaired) electrons. The first-order valence-electron chi connectivity index (χ1n) is 6.02. The van der Waals surface area contributed by atoms with Gasteiger partial charge in [-0.1, -0.05) is 17.7 Å². The van der Waals surface area contributed by atoms with Crippen molar-refractivity contribution in [1.29, 1.82) is 0 Å². The number of carbonyl (C=O) groups is 1. The molecule has 8 heteroatoms. The van der Waals surface area contributed by atoms with E-state index in [9.17, 15) is 20.0 Å². The van der Waals surface area contributed by atoms with Crippen LogP contribution in [0, 0.1) is 10.1 Å². The van der Waals surface area contributed by atoms with Gasteiger partial charge < -0.3 is 5.11 Å². The Bertz CT molecular complexity index is 744. The third-order valence-corrected chi connectivity index (χ3v) is 2.92. The van der Waals surface area contributed by atoms with Crippen molar-refractivity contribution in [3.05, 3.63) is 68.7 Å². The quantitative estimate of drug-likeness (QED) is 0.529. The second kappa shape index (κ2) is 6.68. The lowest BCUT2D eigenvalue weighted by atomic mass is 10.2. The Morgan fingerprint density at radius 3 is 2.50 bits per heavy atom. The third kappa shape index (κ3) is 3.80. The van der Waals surface area contributed by atoms with E-state index in [0.717, 1.165) is 12.1 Å². The standard InChI is InChI=1S/C14H10ClN3O4/c15-11-4-2-10(3-5-11)14(20)17-16-8-9-1-6-12(18(21)22)13(19)7-9/h1-8,19H,(H,17,20)/p-1. The molecular formula is C14H9ClN3O4-. The van der Waals surface area contributed by atoms with Gasteiger partial charge >= 0.3 is 0 Å². The van der Waals surface area contributed by atoms with Crippen molar-refractivity contribution in [3.8, 4) is 5.75 Å². The van der Waals surface area contributed by atoms with Gasteiger partial charge in [-0.2, -0.15) is 5.10 Å². The average Bonchev–Trinajstić information content (AvgIpc) is 2.47. The summed E-state index contributed by atoms with van der Waals surface area (Å²) in [4.78, 5) is 21.5. The Morgan fingerprint density at radius 1 is 1.23 bits per heavy atom. The van der Waals surface area contributed by atoms with E-state index in [2.05, 4.69) is 10.5 Å². The van der Waals surface area contributed by atoms with Gasteiger partial charge in [-0.05, 0) is 41.6 Å². The molecule has 7 nitrogen and oxygen atoms in total. The lowest BCUT2D eigenvalue weighted by Crippen LogP contribution is -2.17. The number of carbonyl (C=O) groups excluding carboxylic acids is 1. The summed E-state index contributed by atoms with van der Waals surface area (Å²) < 4.78 is 0. The van der Waals surface area contributed by atoms with E-state index < -0.39 is 22.3 Å². The summed E-state index contributed by atoms with van der Waals surface area (Å²) in [6.45, 7) is 0. The minimum absolute atomic E-state index is 0.340. The molecule has 1 N–H and O–H groups in total. The fourth-order valence-electron chi connectivity index (χ4n) is 1.59. The molecule has 0 aliphatic heterocycles. The van der Waals surface area contributed by atoms with Crippen LogP contribution in [-0.4, -0.2) is 17.0 Å². The summed E-state index contributed by atoms with van der Waals surface area (Å²) in [5.74, 6) is -1.17. The lowest BCUT2D eigenvalue weighted by Gasteiger charge is -2.06. The number of nitrogens with zero attached hydrogens (tertiary/aromatic N) is 2. The number of benzene rings is 2. The molecule has 2 aromatic rings. The van der Waals surface area contributed by atoms with Gasteiger partial charge in [0.2, 0.25) is 0 Å². The van der Waals surface area contributed by atoms with E-state index in [0.29, 0.717) is 16.1 Å². The van der Waals surface area contributed by atoms with Crippen LogP contribution in [0.3, 0.4) is 0 Å². The van der Waals surface area contributed by atoms with Gasteiger partial charge in [0.1, 0.15) is 0 Å². The number of nitrogens with one attached hydrogen (secondary N) is 1. The Kier molecular flexibility index (Phi) is 4.70. The van der Waals surface area contributed by atoms with Gasteiger partial charge in [-0.15, -0.1) is 0 Å². The van der Waals surface area contributed by atoms with E-state index in [1.165, 1.54) is 24.4 Å². The molecule has 2 aromatic carbocycles. The summed E-state index contributed by atoms with van der Waals surface area (Å²) in [5, 5.41) is 26.1. The fourth-order valence-corrected chi connectivity index (χ4v) is 1.72. The Labute approximate surface area is 130 Å². The zero-order valence-electron chi connectivity index (χ0n) is 11.0. The molecule has 0 saturated carbocycles. The number of hydrogen-bond donors (Lipinski definition) is 1. The van der Waals surface area contributed by atoms with Gasteiger partial charge in [0.25, 0.3) is 11.6 Å². The van der Waals surface area contributed by atoms with Gasteiger partial charge in [0.05, 0.1) is 11.1 Å². The van der Waals surface area contributed by atoms with Crippen LogP contribution in [-0.2, 0) is 0 Å². The Balaban J connectivity index is 2.03. The molecule has 112 valence electrons. The normalized spacial score (nSPS) is 10.6. The van der Waals surface area contributed by atoms with E-state index >= 15 is 0 Å². The van der Waals surface area contributed by atoms with Crippen molar-refractivity contribution < 1.29 is 14.8 Å². The first-order chi connectivity index (χ1) is 10.5. The molecule has 0 aromatic heterocycles. The maximum absolute atomic E-state index is 11.7. The van der Waals surface area contributed by atoms with Gasteiger partial charge in [-0.25, -0.2) is 5.43 Å². The van der Waals surface area contributed by atoms with E-state index in [4.69, 9.17) is 11.6 Å². The van der Waals surface area contributed by atoms with E-state index in [-0.39, 0.29) is 0 Å². The molecule has 0 heterocycles. The first kappa shape index (κ1) is 15.5. The van der Waals surface area contributed by atoms with Crippen LogP contribution in [0.2, 0.25) is 5.02 Å². The maximum atomic E-state index is 11.7. The third-order valence-electron chi connectivity index (χ3n) is 2.67. The molecule has 0 fully saturated rings. The minimum Gasteiger partial charge on any atom is -0.868 e. The number of nitro groups is 1. The second-order valence-corrected chi connectivity index (χ2v) is 4.63. The topological polar surface area (TPSA) is 108 Å². The largest absolute Gasteiger partial charge is 0.868 e. The highest BCUT2D eigenvalue weighted by atomic mass is 35.5. The van der Waals surface area contributed by atoms with Crippen LogP contribution in [0.15, 0.2) is 47.6 Å². The number of amides is 1. The molecule has 22 heavy (non-hydrogen) atoms. The molecule has 0 saturated heterocycles. The first-order valence-corrected chi connectivity index (χ1v) is 6.39. The highest BCUT2D eigenvalue weighted by molar-refractivity contribution is 6.30. The second-order valence-electron chi connectivity index (χ2n) is 4.19. The summed E-state index contributed by atoms with van der Waals surface area (Å²) in [6.07, 6.45) is 1.22. The molecule has 0 aliphatic rings. The van der Waals surface area contributed by atoms with Crippen LogP contribution in [0.5, 0.6) is 5.75 Å². The predicted molar refractivity (Wildman–Crippen MR) is 79.1 cm³/mol. The molecule has 2 rings (SSSR count). The smallest absolute Gasteiger partial charge is 0.271 e. The molecule has 0 spiro atoms. The molecular weight excluding hydrogens is 310 g/mol.